The van der Waals surface area contributed by atoms with E-state index >= 15 is 0 Å². The van der Waals surface area contributed by atoms with Crippen LogP contribution < -0.4 is 9.64 Å². The highest BCUT2D eigenvalue weighted by atomic mass is 16.5. The molecule has 1 saturated heterocycles. The minimum absolute atomic E-state index is 0.203. The summed E-state index contributed by atoms with van der Waals surface area (Å²) in [5, 5.41) is 1.16. The van der Waals surface area contributed by atoms with Crippen LogP contribution in [0.1, 0.15) is 12.8 Å². The summed E-state index contributed by atoms with van der Waals surface area (Å²) in [5.41, 5.74) is 2.70. The highest BCUT2D eigenvalue weighted by Gasteiger charge is 2.22. The molecule has 30 heavy (non-hydrogen) atoms. The molecule has 0 N–H and O–H groups in total. The molecule has 7 nitrogen and oxygen atoms in total. The Bertz CT molecular complexity index is 1150. The van der Waals surface area contributed by atoms with Crippen LogP contribution in [-0.2, 0) is 11.3 Å². The summed E-state index contributed by atoms with van der Waals surface area (Å²) in [6.45, 7) is 3.36. The van der Waals surface area contributed by atoms with E-state index in [1.54, 1.807) is 19.5 Å². The molecule has 0 unspecified atom stereocenters. The van der Waals surface area contributed by atoms with Crippen molar-refractivity contribution in [3.05, 3.63) is 55.0 Å². The van der Waals surface area contributed by atoms with Gasteiger partial charge in [0, 0.05) is 63.6 Å². The van der Waals surface area contributed by atoms with E-state index < -0.39 is 0 Å². The number of aromatic nitrogens is 4. The normalized spacial score (nSPS) is 15.2. The van der Waals surface area contributed by atoms with Crippen molar-refractivity contribution in [1.82, 2.24) is 19.5 Å². The van der Waals surface area contributed by atoms with Crippen LogP contribution in [0.4, 0.5) is 5.82 Å². The van der Waals surface area contributed by atoms with Crippen LogP contribution in [0, 0.1) is 0 Å². The number of rotatable bonds is 6. The average molecular weight is 403 g/mol. The van der Waals surface area contributed by atoms with Gasteiger partial charge in [-0.3, -0.25) is 4.98 Å². The SMILES string of the molecule is COCCn1ccc2c(OC3CCN(c4ccc5nccnc5n4)CC3)cccc21. The molecule has 4 heterocycles. The maximum atomic E-state index is 6.43. The van der Waals surface area contributed by atoms with E-state index in [9.17, 15) is 0 Å². The first-order valence-electron chi connectivity index (χ1n) is 10.4. The van der Waals surface area contributed by atoms with Gasteiger partial charge in [-0.2, -0.15) is 0 Å². The highest BCUT2D eigenvalue weighted by Crippen LogP contribution is 2.30. The van der Waals surface area contributed by atoms with E-state index in [-0.39, 0.29) is 6.10 Å². The summed E-state index contributed by atoms with van der Waals surface area (Å²) in [7, 11) is 1.73. The third-order valence-electron chi connectivity index (χ3n) is 5.69. The zero-order valence-electron chi connectivity index (χ0n) is 17.1. The molecule has 1 aliphatic heterocycles. The fourth-order valence-electron chi connectivity index (χ4n) is 4.09. The molecule has 0 spiro atoms. The van der Waals surface area contributed by atoms with E-state index in [1.807, 2.05) is 12.1 Å². The smallest absolute Gasteiger partial charge is 0.180 e. The first-order chi connectivity index (χ1) is 14.8. The number of anilines is 1. The van der Waals surface area contributed by atoms with Crippen molar-refractivity contribution in [3.8, 4) is 5.75 Å². The van der Waals surface area contributed by atoms with Gasteiger partial charge in [0.05, 0.1) is 12.1 Å². The molecular weight excluding hydrogens is 378 g/mol. The Morgan fingerprint density at radius 1 is 1.03 bits per heavy atom. The fourth-order valence-corrected chi connectivity index (χ4v) is 4.09. The van der Waals surface area contributed by atoms with Crippen molar-refractivity contribution in [2.45, 2.75) is 25.5 Å². The molecule has 0 bridgehead atoms. The molecule has 154 valence electrons. The zero-order chi connectivity index (χ0) is 20.3. The van der Waals surface area contributed by atoms with Crippen LogP contribution >= 0.6 is 0 Å². The Balaban J connectivity index is 1.26. The molecule has 0 saturated carbocycles. The van der Waals surface area contributed by atoms with Crippen molar-refractivity contribution >= 4 is 27.9 Å². The number of piperidine rings is 1. The van der Waals surface area contributed by atoms with E-state index in [4.69, 9.17) is 9.47 Å². The summed E-state index contributed by atoms with van der Waals surface area (Å²) >= 11 is 0. The summed E-state index contributed by atoms with van der Waals surface area (Å²) in [6, 6.07) is 12.4. The summed E-state index contributed by atoms with van der Waals surface area (Å²) in [6.07, 6.45) is 7.60. The number of hydrogen-bond donors (Lipinski definition) is 0. The monoisotopic (exact) mass is 403 g/mol. The molecule has 0 radical (unpaired) electrons. The Morgan fingerprint density at radius 3 is 2.77 bits per heavy atom. The Kier molecular flexibility index (Phi) is 5.19. The minimum atomic E-state index is 0.203. The summed E-state index contributed by atoms with van der Waals surface area (Å²) in [5.74, 6) is 1.92. The molecule has 0 amide bonds. The van der Waals surface area contributed by atoms with Gasteiger partial charge in [0.1, 0.15) is 23.2 Å². The van der Waals surface area contributed by atoms with Gasteiger partial charge >= 0.3 is 0 Å². The van der Waals surface area contributed by atoms with Crippen molar-refractivity contribution in [2.75, 3.05) is 31.7 Å². The lowest BCUT2D eigenvalue weighted by Crippen LogP contribution is -2.38. The van der Waals surface area contributed by atoms with Gasteiger partial charge in [-0.05, 0) is 30.3 Å². The second kappa shape index (κ2) is 8.28. The number of methoxy groups -OCH3 is 1. The fraction of sp³-hybridized carbons (Fsp3) is 0.348. The van der Waals surface area contributed by atoms with Gasteiger partial charge in [0.15, 0.2) is 5.65 Å². The first-order valence-corrected chi connectivity index (χ1v) is 10.4. The van der Waals surface area contributed by atoms with Gasteiger partial charge < -0.3 is 18.9 Å². The van der Waals surface area contributed by atoms with Gasteiger partial charge in [-0.25, -0.2) is 9.97 Å². The standard InChI is InChI=1S/C23H25N5O2/c1-29-16-15-27-14-9-18-20(27)3-2-4-21(18)30-17-7-12-28(13-8-17)22-6-5-19-23(26-22)25-11-10-24-19/h2-6,9-11,14,17H,7-8,12-13,15-16H2,1H3. The van der Waals surface area contributed by atoms with E-state index in [0.29, 0.717) is 12.3 Å². The molecule has 1 aliphatic rings. The molecule has 0 aliphatic carbocycles. The van der Waals surface area contributed by atoms with Crippen molar-refractivity contribution < 1.29 is 9.47 Å². The highest BCUT2D eigenvalue weighted by molar-refractivity contribution is 5.86. The maximum Gasteiger partial charge on any atom is 0.180 e. The second-order valence-corrected chi connectivity index (χ2v) is 7.56. The largest absolute Gasteiger partial charge is 0.490 e. The second-order valence-electron chi connectivity index (χ2n) is 7.56. The maximum absolute atomic E-state index is 6.43. The minimum Gasteiger partial charge on any atom is -0.490 e. The lowest BCUT2D eigenvalue weighted by Gasteiger charge is -2.33. The van der Waals surface area contributed by atoms with Gasteiger partial charge in [-0.1, -0.05) is 6.07 Å². The third kappa shape index (κ3) is 3.68. The van der Waals surface area contributed by atoms with Gasteiger partial charge in [-0.15, -0.1) is 0 Å². The lowest BCUT2D eigenvalue weighted by molar-refractivity contribution is 0.173. The van der Waals surface area contributed by atoms with Gasteiger partial charge in [0.25, 0.3) is 0 Å². The molecule has 5 rings (SSSR count). The number of ether oxygens (including phenoxy) is 2. The van der Waals surface area contributed by atoms with Gasteiger partial charge in [0.2, 0.25) is 0 Å². The predicted molar refractivity (Wildman–Crippen MR) is 117 cm³/mol. The first kappa shape index (κ1) is 18.8. The van der Waals surface area contributed by atoms with Crippen LogP contribution in [0.2, 0.25) is 0 Å². The van der Waals surface area contributed by atoms with E-state index in [2.05, 4.69) is 54.9 Å². The zero-order valence-corrected chi connectivity index (χ0v) is 17.1. The molecule has 1 fully saturated rings. The third-order valence-corrected chi connectivity index (χ3v) is 5.69. The molecule has 4 aromatic rings. The van der Waals surface area contributed by atoms with E-state index in [0.717, 1.165) is 54.9 Å². The predicted octanol–water partition coefficient (Wildman–Crippen LogP) is 3.67. The molecule has 0 atom stereocenters. The quantitative estimate of drug-likeness (QED) is 0.489. The average Bonchev–Trinajstić information content (AvgIpc) is 3.22. The van der Waals surface area contributed by atoms with Crippen LogP contribution in [0.5, 0.6) is 5.75 Å². The van der Waals surface area contributed by atoms with E-state index in [1.165, 1.54) is 5.52 Å². The molecule has 7 heteroatoms. The topological polar surface area (TPSA) is 65.3 Å². The number of nitrogens with zero attached hydrogens (tertiary/aromatic N) is 5. The number of fused-ring (bicyclic) bond motifs is 2. The van der Waals surface area contributed by atoms with Crippen molar-refractivity contribution in [1.29, 1.82) is 0 Å². The Morgan fingerprint density at radius 2 is 1.90 bits per heavy atom. The summed E-state index contributed by atoms with van der Waals surface area (Å²) in [4.78, 5) is 15.6. The number of pyridine rings is 1. The number of hydrogen-bond acceptors (Lipinski definition) is 6. The Hall–Kier alpha value is -3.19. The van der Waals surface area contributed by atoms with Crippen LogP contribution in [-0.4, -0.2) is 52.4 Å². The molecular formula is C23H25N5O2. The Labute approximate surface area is 175 Å². The van der Waals surface area contributed by atoms with Crippen molar-refractivity contribution in [2.24, 2.45) is 0 Å². The van der Waals surface area contributed by atoms with Crippen LogP contribution in [0.15, 0.2) is 55.0 Å². The summed E-state index contributed by atoms with van der Waals surface area (Å²) < 4.78 is 13.9. The van der Waals surface area contributed by atoms with Crippen LogP contribution in [0.3, 0.4) is 0 Å². The van der Waals surface area contributed by atoms with Crippen LogP contribution in [0.25, 0.3) is 22.1 Å². The lowest BCUT2D eigenvalue weighted by atomic mass is 10.1. The van der Waals surface area contributed by atoms with Crippen molar-refractivity contribution in [3.63, 3.8) is 0 Å². The molecule has 3 aromatic heterocycles. The molecule has 1 aromatic carbocycles. The number of benzene rings is 1.